The highest BCUT2D eigenvalue weighted by Gasteiger charge is 2.18. The topological polar surface area (TPSA) is 72.5 Å². The van der Waals surface area contributed by atoms with Crippen LogP contribution in [0.2, 0.25) is 0 Å². The van der Waals surface area contributed by atoms with E-state index in [9.17, 15) is 13.2 Å². The van der Waals surface area contributed by atoms with E-state index < -0.39 is 21.2 Å². The molecule has 0 saturated heterocycles. The van der Waals surface area contributed by atoms with Gasteiger partial charge < -0.3 is 10.1 Å². The zero-order chi connectivity index (χ0) is 15.2. The van der Waals surface area contributed by atoms with Crippen LogP contribution in [0.4, 0.5) is 4.79 Å². The van der Waals surface area contributed by atoms with E-state index in [2.05, 4.69) is 5.32 Å². The average Bonchev–Trinajstić information content (AvgIpc) is 2.39. The summed E-state index contributed by atoms with van der Waals surface area (Å²) < 4.78 is 28.6. The van der Waals surface area contributed by atoms with Crippen LogP contribution in [-0.2, 0) is 21.0 Å². The van der Waals surface area contributed by atoms with Gasteiger partial charge in [-0.3, -0.25) is 0 Å². The van der Waals surface area contributed by atoms with E-state index in [0.717, 1.165) is 5.56 Å². The Morgan fingerprint density at radius 3 is 2.35 bits per heavy atom. The number of hydrogen-bond acceptors (Lipinski definition) is 4. The van der Waals surface area contributed by atoms with E-state index in [4.69, 9.17) is 4.74 Å². The summed E-state index contributed by atoms with van der Waals surface area (Å²) in [5, 5.41) is 2.18. The average molecular weight is 299 g/mol. The number of nitrogens with one attached hydrogen (secondary N) is 1. The van der Waals surface area contributed by atoms with Crippen LogP contribution < -0.4 is 5.32 Å². The SMILES string of the molecule is CCOC(=O)NCCc1ccc(S(=O)(=O)C(C)C)cc1. The van der Waals surface area contributed by atoms with Crippen LogP contribution in [0.15, 0.2) is 29.2 Å². The van der Waals surface area contributed by atoms with Crippen LogP contribution in [0.3, 0.4) is 0 Å². The van der Waals surface area contributed by atoms with Gasteiger partial charge in [-0.15, -0.1) is 0 Å². The standard InChI is InChI=1S/C14H21NO4S/c1-4-19-14(16)15-10-9-12-5-7-13(8-6-12)20(17,18)11(2)3/h5-8,11H,4,9-10H2,1-3H3,(H,15,16). The monoisotopic (exact) mass is 299 g/mol. The molecular weight excluding hydrogens is 278 g/mol. The van der Waals surface area contributed by atoms with E-state index in [0.29, 0.717) is 24.5 Å². The predicted molar refractivity (Wildman–Crippen MR) is 77.5 cm³/mol. The summed E-state index contributed by atoms with van der Waals surface area (Å²) in [6, 6.07) is 6.74. The van der Waals surface area contributed by atoms with Crippen LogP contribution in [-0.4, -0.2) is 32.9 Å². The highest BCUT2D eigenvalue weighted by molar-refractivity contribution is 7.92. The van der Waals surface area contributed by atoms with Gasteiger partial charge in [0, 0.05) is 6.54 Å². The van der Waals surface area contributed by atoms with Gasteiger partial charge in [0.05, 0.1) is 16.8 Å². The maximum absolute atomic E-state index is 11.9. The fraction of sp³-hybridized carbons (Fsp3) is 0.500. The van der Waals surface area contributed by atoms with Crippen LogP contribution in [0.25, 0.3) is 0 Å². The van der Waals surface area contributed by atoms with Gasteiger partial charge in [-0.05, 0) is 44.9 Å². The second kappa shape index (κ2) is 7.28. The molecule has 20 heavy (non-hydrogen) atoms. The van der Waals surface area contributed by atoms with Gasteiger partial charge in [-0.25, -0.2) is 13.2 Å². The van der Waals surface area contributed by atoms with Crippen molar-refractivity contribution in [2.75, 3.05) is 13.2 Å². The number of carbonyl (C=O) groups is 1. The third kappa shape index (κ3) is 4.52. The molecule has 0 aromatic heterocycles. The van der Waals surface area contributed by atoms with Crippen molar-refractivity contribution in [3.63, 3.8) is 0 Å². The highest BCUT2D eigenvalue weighted by atomic mass is 32.2. The van der Waals surface area contributed by atoms with Crippen LogP contribution in [0, 0.1) is 0 Å². The minimum absolute atomic E-state index is 0.328. The summed E-state index contributed by atoms with van der Waals surface area (Å²) in [5.41, 5.74) is 0.963. The fourth-order valence-electron chi connectivity index (χ4n) is 1.61. The zero-order valence-corrected chi connectivity index (χ0v) is 12.9. The zero-order valence-electron chi connectivity index (χ0n) is 12.0. The molecule has 1 N–H and O–H groups in total. The Morgan fingerprint density at radius 2 is 1.85 bits per heavy atom. The lowest BCUT2D eigenvalue weighted by Gasteiger charge is -2.09. The number of alkyl carbamates (subject to hydrolysis) is 1. The Hall–Kier alpha value is -1.56. The lowest BCUT2D eigenvalue weighted by molar-refractivity contribution is 0.152. The third-order valence-corrected chi connectivity index (χ3v) is 5.00. The summed E-state index contributed by atoms with van der Waals surface area (Å²) >= 11 is 0. The molecule has 1 rings (SSSR count). The van der Waals surface area contributed by atoms with Crippen molar-refractivity contribution >= 4 is 15.9 Å². The molecule has 0 heterocycles. The predicted octanol–water partition coefficient (Wildman–Crippen LogP) is 2.16. The van der Waals surface area contributed by atoms with Gasteiger partial charge in [0.1, 0.15) is 0 Å². The second-order valence-corrected chi connectivity index (χ2v) is 7.14. The van der Waals surface area contributed by atoms with Gasteiger partial charge in [0.25, 0.3) is 0 Å². The van der Waals surface area contributed by atoms with E-state index in [1.165, 1.54) is 0 Å². The molecule has 112 valence electrons. The van der Waals surface area contributed by atoms with E-state index in [-0.39, 0.29) is 0 Å². The van der Waals surface area contributed by atoms with Crippen molar-refractivity contribution < 1.29 is 17.9 Å². The lowest BCUT2D eigenvalue weighted by Crippen LogP contribution is -2.26. The van der Waals surface area contributed by atoms with Gasteiger partial charge in [-0.1, -0.05) is 12.1 Å². The van der Waals surface area contributed by atoms with Gasteiger partial charge in [-0.2, -0.15) is 0 Å². The molecule has 0 aliphatic heterocycles. The Bertz CT molecular complexity index is 535. The Labute approximate surface area is 120 Å². The summed E-state index contributed by atoms with van der Waals surface area (Å²) in [5.74, 6) is 0. The summed E-state index contributed by atoms with van der Waals surface area (Å²) in [7, 11) is -3.22. The number of hydrogen-bond donors (Lipinski definition) is 1. The van der Waals surface area contributed by atoms with Crippen LogP contribution >= 0.6 is 0 Å². The van der Waals surface area contributed by atoms with Crippen molar-refractivity contribution in [2.24, 2.45) is 0 Å². The Morgan fingerprint density at radius 1 is 1.25 bits per heavy atom. The van der Waals surface area contributed by atoms with E-state index >= 15 is 0 Å². The first-order valence-corrected chi connectivity index (χ1v) is 8.16. The van der Waals surface area contributed by atoms with Crippen molar-refractivity contribution in [3.05, 3.63) is 29.8 Å². The maximum Gasteiger partial charge on any atom is 0.407 e. The van der Waals surface area contributed by atoms with Crippen molar-refractivity contribution in [3.8, 4) is 0 Å². The minimum atomic E-state index is -3.22. The highest BCUT2D eigenvalue weighted by Crippen LogP contribution is 2.16. The van der Waals surface area contributed by atoms with Gasteiger partial charge in [0.2, 0.25) is 0 Å². The van der Waals surface area contributed by atoms with Crippen molar-refractivity contribution in [1.29, 1.82) is 0 Å². The molecule has 0 aliphatic carbocycles. The van der Waals surface area contributed by atoms with Crippen molar-refractivity contribution in [2.45, 2.75) is 37.3 Å². The number of sulfone groups is 1. The van der Waals surface area contributed by atoms with Crippen LogP contribution in [0.5, 0.6) is 0 Å². The Balaban J connectivity index is 2.58. The molecule has 5 nitrogen and oxygen atoms in total. The molecule has 1 aromatic carbocycles. The summed E-state index contributed by atoms with van der Waals surface area (Å²) in [6.07, 6.45) is 0.187. The third-order valence-electron chi connectivity index (χ3n) is 2.83. The molecule has 0 aliphatic rings. The number of amides is 1. The van der Waals surface area contributed by atoms with Gasteiger partial charge in [0.15, 0.2) is 9.84 Å². The first-order valence-electron chi connectivity index (χ1n) is 6.61. The number of carbonyl (C=O) groups excluding carboxylic acids is 1. The maximum atomic E-state index is 11.9. The summed E-state index contributed by atoms with van der Waals surface area (Å²) in [6.45, 7) is 5.86. The van der Waals surface area contributed by atoms with Crippen LogP contribution in [0.1, 0.15) is 26.3 Å². The first-order chi connectivity index (χ1) is 9.37. The lowest BCUT2D eigenvalue weighted by atomic mass is 10.1. The molecule has 0 spiro atoms. The second-order valence-electron chi connectivity index (χ2n) is 4.63. The number of ether oxygens (including phenoxy) is 1. The molecule has 0 fully saturated rings. The number of rotatable bonds is 6. The van der Waals surface area contributed by atoms with Crippen molar-refractivity contribution in [1.82, 2.24) is 5.32 Å². The molecule has 1 aromatic rings. The molecule has 6 heteroatoms. The van der Waals surface area contributed by atoms with E-state index in [1.54, 1.807) is 45.0 Å². The quantitative estimate of drug-likeness (QED) is 0.873. The molecule has 0 atom stereocenters. The molecule has 0 radical (unpaired) electrons. The normalized spacial score (nSPS) is 11.4. The molecular formula is C14H21NO4S. The molecule has 0 bridgehead atoms. The smallest absolute Gasteiger partial charge is 0.407 e. The fourth-order valence-corrected chi connectivity index (χ4v) is 2.67. The first kappa shape index (κ1) is 16.5. The Kier molecular flexibility index (Phi) is 6.01. The van der Waals surface area contributed by atoms with E-state index in [1.807, 2.05) is 0 Å². The molecule has 0 unspecified atom stereocenters. The largest absolute Gasteiger partial charge is 0.450 e. The molecule has 0 saturated carbocycles. The molecule has 1 amide bonds. The van der Waals surface area contributed by atoms with Gasteiger partial charge >= 0.3 is 6.09 Å². The number of benzene rings is 1. The summed E-state index contributed by atoms with van der Waals surface area (Å²) in [4.78, 5) is 11.4. The minimum Gasteiger partial charge on any atom is -0.450 e.